The Kier molecular flexibility index (Phi) is 5.00. The molecule has 6 nitrogen and oxygen atoms in total. The van der Waals surface area contributed by atoms with Crippen molar-refractivity contribution in [3.8, 4) is 17.2 Å². The van der Waals surface area contributed by atoms with Crippen LogP contribution in [0.15, 0.2) is 53.7 Å². The summed E-state index contributed by atoms with van der Waals surface area (Å²) in [5.41, 5.74) is 1.99. The maximum absolute atomic E-state index is 5.44. The van der Waals surface area contributed by atoms with Gasteiger partial charge in [0.1, 0.15) is 11.5 Å². The van der Waals surface area contributed by atoms with Crippen molar-refractivity contribution in [2.75, 3.05) is 14.2 Å². The van der Waals surface area contributed by atoms with E-state index in [1.54, 1.807) is 30.7 Å². The monoisotopic (exact) mass is 342 g/mol. The van der Waals surface area contributed by atoms with E-state index >= 15 is 0 Å². The molecule has 3 rings (SSSR count). The number of methoxy groups -OCH3 is 2. The first-order valence-corrected chi connectivity index (χ1v) is 8.33. The summed E-state index contributed by atoms with van der Waals surface area (Å²) >= 11 is 1.58. The van der Waals surface area contributed by atoms with Crippen LogP contribution in [0.5, 0.6) is 11.5 Å². The first-order valence-electron chi connectivity index (χ1n) is 7.45. The standard InChI is InChI=1S/C17H18N4O2S/c1-12(15-6-4-5-7-16(15)23-3)24-17-18-19-20-21(17)13-8-10-14(22-2)11-9-13/h4-12H,1-3H3/t12-/m0/s1. The van der Waals surface area contributed by atoms with Gasteiger partial charge in [0.25, 0.3) is 0 Å². The van der Waals surface area contributed by atoms with Crippen molar-refractivity contribution >= 4 is 11.8 Å². The number of thioether (sulfide) groups is 1. The van der Waals surface area contributed by atoms with Crippen LogP contribution < -0.4 is 9.47 Å². The number of aromatic nitrogens is 4. The molecule has 0 saturated carbocycles. The lowest BCUT2D eigenvalue weighted by Crippen LogP contribution is -2.01. The number of hydrogen-bond donors (Lipinski definition) is 0. The molecular formula is C17H18N4O2S. The highest BCUT2D eigenvalue weighted by Gasteiger charge is 2.17. The van der Waals surface area contributed by atoms with Gasteiger partial charge >= 0.3 is 0 Å². The first kappa shape index (κ1) is 16.3. The summed E-state index contributed by atoms with van der Waals surface area (Å²) in [4.78, 5) is 0. The predicted molar refractivity (Wildman–Crippen MR) is 93.0 cm³/mol. The van der Waals surface area contributed by atoms with E-state index in [0.717, 1.165) is 27.9 Å². The van der Waals surface area contributed by atoms with Gasteiger partial charge in [-0.1, -0.05) is 30.0 Å². The number of nitrogens with zero attached hydrogens (tertiary/aromatic N) is 4. The lowest BCUT2D eigenvalue weighted by atomic mass is 10.1. The number of rotatable bonds is 6. The minimum absolute atomic E-state index is 0.143. The van der Waals surface area contributed by atoms with Gasteiger partial charge in [-0.3, -0.25) is 0 Å². The zero-order chi connectivity index (χ0) is 16.9. The third kappa shape index (κ3) is 3.35. The smallest absolute Gasteiger partial charge is 0.214 e. The highest BCUT2D eigenvalue weighted by molar-refractivity contribution is 7.99. The molecule has 0 aliphatic carbocycles. The van der Waals surface area contributed by atoms with E-state index in [1.165, 1.54) is 0 Å². The zero-order valence-electron chi connectivity index (χ0n) is 13.7. The zero-order valence-corrected chi connectivity index (χ0v) is 14.5. The Balaban J connectivity index is 1.85. The summed E-state index contributed by atoms with van der Waals surface area (Å²) < 4.78 is 12.3. The summed E-state index contributed by atoms with van der Waals surface area (Å²) in [7, 11) is 3.32. The molecule has 1 heterocycles. The van der Waals surface area contributed by atoms with Gasteiger partial charge in [-0.2, -0.15) is 4.68 Å². The van der Waals surface area contributed by atoms with Crippen LogP contribution in [-0.2, 0) is 0 Å². The number of hydrogen-bond acceptors (Lipinski definition) is 6. The lowest BCUT2D eigenvalue weighted by Gasteiger charge is -2.14. The molecule has 1 atom stereocenters. The molecule has 3 aromatic rings. The van der Waals surface area contributed by atoms with Gasteiger partial charge in [0.15, 0.2) is 0 Å². The number of ether oxygens (including phenoxy) is 2. The fourth-order valence-corrected chi connectivity index (χ4v) is 3.33. The van der Waals surface area contributed by atoms with Gasteiger partial charge in [0.2, 0.25) is 5.16 Å². The van der Waals surface area contributed by atoms with Crippen molar-refractivity contribution in [1.82, 2.24) is 20.2 Å². The lowest BCUT2D eigenvalue weighted by molar-refractivity contribution is 0.410. The van der Waals surface area contributed by atoms with E-state index in [0.29, 0.717) is 0 Å². The van der Waals surface area contributed by atoms with Gasteiger partial charge in [-0.25, -0.2) is 0 Å². The molecule has 0 bridgehead atoms. The second-order valence-electron chi connectivity index (χ2n) is 5.07. The molecular weight excluding hydrogens is 324 g/mol. The van der Waals surface area contributed by atoms with E-state index < -0.39 is 0 Å². The van der Waals surface area contributed by atoms with Crippen molar-refractivity contribution in [3.63, 3.8) is 0 Å². The van der Waals surface area contributed by atoms with Crippen LogP contribution >= 0.6 is 11.8 Å². The molecule has 0 aliphatic rings. The average molecular weight is 342 g/mol. The van der Waals surface area contributed by atoms with E-state index in [2.05, 4.69) is 28.5 Å². The number of benzene rings is 2. The summed E-state index contributed by atoms with van der Waals surface area (Å²) in [6, 6.07) is 15.6. The maximum Gasteiger partial charge on any atom is 0.214 e. The Bertz CT molecular complexity index is 804. The van der Waals surface area contributed by atoms with Crippen LogP contribution in [0.25, 0.3) is 5.69 Å². The van der Waals surface area contributed by atoms with Gasteiger partial charge in [-0.15, -0.1) is 5.10 Å². The van der Waals surface area contributed by atoms with Crippen LogP contribution in [0.3, 0.4) is 0 Å². The summed E-state index contributed by atoms with van der Waals surface area (Å²) in [5.74, 6) is 1.66. The predicted octanol–water partition coefficient (Wildman–Crippen LogP) is 3.53. The first-order chi connectivity index (χ1) is 11.7. The SMILES string of the molecule is COc1ccc(-n2nnnc2S[C@@H](C)c2ccccc2OC)cc1. The van der Waals surface area contributed by atoms with Gasteiger partial charge in [0, 0.05) is 10.8 Å². The number of tetrazole rings is 1. The summed E-state index contributed by atoms with van der Waals surface area (Å²) in [6.07, 6.45) is 0. The van der Waals surface area contributed by atoms with Crippen molar-refractivity contribution in [1.29, 1.82) is 0 Å². The van der Waals surface area contributed by atoms with Gasteiger partial charge in [-0.05, 0) is 47.7 Å². The van der Waals surface area contributed by atoms with Crippen LogP contribution in [0, 0.1) is 0 Å². The van der Waals surface area contributed by atoms with E-state index in [-0.39, 0.29) is 5.25 Å². The average Bonchev–Trinajstić information content (AvgIpc) is 3.09. The quantitative estimate of drug-likeness (QED) is 0.639. The topological polar surface area (TPSA) is 62.1 Å². The third-order valence-electron chi connectivity index (χ3n) is 3.62. The molecule has 0 fully saturated rings. The Morgan fingerprint density at radius 1 is 1.00 bits per heavy atom. The molecule has 2 aromatic carbocycles. The van der Waals surface area contributed by atoms with Crippen LogP contribution in [-0.4, -0.2) is 34.4 Å². The van der Waals surface area contributed by atoms with Crippen LogP contribution in [0.1, 0.15) is 17.7 Å². The van der Waals surface area contributed by atoms with E-state index in [4.69, 9.17) is 9.47 Å². The molecule has 0 aliphatic heterocycles. The molecule has 124 valence electrons. The summed E-state index contributed by atoms with van der Waals surface area (Å²) in [5, 5.41) is 12.9. The molecule has 0 amide bonds. The Morgan fingerprint density at radius 2 is 1.75 bits per heavy atom. The summed E-state index contributed by atoms with van der Waals surface area (Å²) in [6.45, 7) is 2.11. The highest BCUT2D eigenvalue weighted by Crippen LogP contribution is 2.38. The van der Waals surface area contributed by atoms with Crippen molar-refractivity contribution in [2.45, 2.75) is 17.3 Å². The second-order valence-corrected chi connectivity index (χ2v) is 6.38. The minimum Gasteiger partial charge on any atom is -0.497 e. The number of para-hydroxylation sites is 1. The molecule has 0 spiro atoms. The van der Waals surface area contributed by atoms with E-state index in [1.807, 2.05) is 42.5 Å². The fourth-order valence-electron chi connectivity index (χ4n) is 2.36. The molecule has 24 heavy (non-hydrogen) atoms. The van der Waals surface area contributed by atoms with E-state index in [9.17, 15) is 0 Å². The largest absolute Gasteiger partial charge is 0.497 e. The Hall–Kier alpha value is -2.54. The second kappa shape index (κ2) is 7.35. The normalized spacial score (nSPS) is 12.0. The van der Waals surface area contributed by atoms with Gasteiger partial charge in [0.05, 0.1) is 19.9 Å². The molecule has 0 N–H and O–H groups in total. The van der Waals surface area contributed by atoms with Crippen molar-refractivity contribution < 1.29 is 9.47 Å². The molecule has 7 heteroatoms. The Labute approximate surface area is 144 Å². The van der Waals surface area contributed by atoms with Crippen LogP contribution in [0.4, 0.5) is 0 Å². The third-order valence-corrected chi connectivity index (χ3v) is 4.69. The van der Waals surface area contributed by atoms with Crippen molar-refractivity contribution in [2.24, 2.45) is 0 Å². The Morgan fingerprint density at radius 3 is 2.46 bits per heavy atom. The molecule has 1 aromatic heterocycles. The molecule has 0 saturated heterocycles. The van der Waals surface area contributed by atoms with Gasteiger partial charge < -0.3 is 9.47 Å². The van der Waals surface area contributed by atoms with Crippen LogP contribution in [0.2, 0.25) is 0 Å². The molecule has 0 unspecified atom stereocenters. The maximum atomic E-state index is 5.44. The van der Waals surface area contributed by atoms with Crippen molar-refractivity contribution in [3.05, 3.63) is 54.1 Å². The minimum atomic E-state index is 0.143. The highest BCUT2D eigenvalue weighted by atomic mass is 32.2. The fraction of sp³-hybridized carbons (Fsp3) is 0.235. The molecule has 0 radical (unpaired) electrons.